The van der Waals surface area contributed by atoms with Crippen LogP contribution in [0.15, 0.2) is 0 Å². The third-order valence-electron chi connectivity index (χ3n) is 2.27. The molecule has 0 aromatic carbocycles. The molecule has 13 heavy (non-hydrogen) atoms. The molecule has 0 amide bonds. The molecule has 78 valence electrons. The summed E-state index contributed by atoms with van der Waals surface area (Å²) in [5.41, 5.74) is 11.1. The number of nitrogens with one attached hydrogen (secondary N) is 1. The molecule has 1 saturated heterocycles. The van der Waals surface area contributed by atoms with Crippen LogP contribution in [0.2, 0.25) is 0 Å². The molecule has 0 saturated carbocycles. The van der Waals surface area contributed by atoms with Crippen LogP contribution in [0.5, 0.6) is 0 Å². The van der Waals surface area contributed by atoms with Crippen LogP contribution < -0.4 is 16.8 Å². The fourth-order valence-electron chi connectivity index (χ4n) is 1.63. The summed E-state index contributed by atoms with van der Waals surface area (Å²) in [6, 6.07) is 0. The average molecular weight is 187 g/mol. The van der Waals surface area contributed by atoms with E-state index in [2.05, 4.69) is 15.3 Å². The first kappa shape index (κ1) is 10.9. The SMILES string of the molecule is NCCN(CCN)N1CCNCC1. The van der Waals surface area contributed by atoms with Crippen molar-refractivity contribution in [3.05, 3.63) is 0 Å². The minimum atomic E-state index is 0.698. The van der Waals surface area contributed by atoms with E-state index in [0.717, 1.165) is 39.3 Å². The monoisotopic (exact) mass is 187 g/mol. The molecule has 0 aliphatic carbocycles. The minimum Gasteiger partial charge on any atom is -0.329 e. The maximum atomic E-state index is 5.54. The van der Waals surface area contributed by atoms with Crippen molar-refractivity contribution >= 4 is 0 Å². The van der Waals surface area contributed by atoms with Crippen molar-refractivity contribution in [3.63, 3.8) is 0 Å². The first-order chi connectivity index (χ1) is 6.38. The van der Waals surface area contributed by atoms with Crippen LogP contribution in [0.1, 0.15) is 0 Å². The van der Waals surface area contributed by atoms with Gasteiger partial charge in [-0.15, -0.1) is 0 Å². The average Bonchev–Trinajstić information content (AvgIpc) is 2.19. The van der Waals surface area contributed by atoms with Crippen molar-refractivity contribution in [3.8, 4) is 0 Å². The second-order valence-corrected chi connectivity index (χ2v) is 3.23. The lowest BCUT2D eigenvalue weighted by atomic mass is 10.4. The molecule has 5 heteroatoms. The fraction of sp³-hybridized carbons (Fsp3) is 1.00. The Morgan fingerprint density at radius 3 is 2.08 bits per heavy atom. The molecular formula is C8H21N5. The Morgan fingerprint density at radius 1 is 1.08 bits per heavy atom. The van der Waals surface area contributed by atoms with Crippen LogP contribution in [0.25, 0.3) is 0 Å². The maximum Gasteiger partial charge on any atom is 0.0259 e. The molecule has 0 radical (unpaired) electrons. The first-order valence-corrected chi connectivity index (χ1v) is 4.99. The van der Waals surface area contributed by atoms with Gasteiger partial charge in [0.15, 0.2) is 0 Å². The number of piperazine rings is 1. The maximum absolute atomic E-state index is 5.54. The van der Waals surface area contributed by atoms with Crippen molar-refractivity contribution in [1.29, 1.82) is 0 Å². The van der Waals surface area contributed by atoms with Gasteiger partial charge < -0.3 is 16.8 Å². The van der Waals surface area contributed by atoms with Crippen molar-refractivity contribution in [2.24, 2.45) is 11.5 Å². The van der Waals surface area contributed by atoms with Gasteiger partial charge in [-0.05, 0) is 0 Å². The predicted molar refractivity (Wildman–Crippen MR) is 54.1 cm³/mol. The standard InChI is InChI=1S/C8H21N5/c9-1-5-12(6-2-10)13-7-3-11-4-8-13/h11H,1-10H2. The summed E-state index contributed by atoms with van der Waals surface area (Å²) < 4.78 is 0. The second kappa shape index (κ2) is 6.28. The summed E-state index contributed by atoms with van der Waals surface area (Å²) >= 11 is 0. The summed E-state index contributed by atoms with van der Waals surface area (Å²) in [7, 11) is 0. The number of rotatable bonds is 5. The second-order valence-electron chi connectivity index (χ2n) is 3.23. The first-order valence-electron chi connectivity index (χ1n) is 4.99. The Balaban J connectivity index is 2.32. The van der Waals surface area contributed by atoms with Gasteiger partial charge in [-0.3, -0.25) is 0 Å². The Kier molecular flexibility index (Phi) is 5.26. The molecule has 5 nitrogen and oxygen atoms in total. The summed E-state index contributed by atoms with van der Waals surface area (Å²) in [6.45, 7) is 7.49. The van der Waals surface area contributed by atoms with Gasteiger partial charge in [0.2, 0.25) is 0 Å². The highest BCUT2D eigenvalue weighted by molar-refractivity contribution is 4.67. The smallest absolute Gasteiger partial charge is 0.0259 e. The van der Waals surface area contributed by atoms with Gasteiger partial charge in [-0.2, -0.15) is 0 Å². The number of hydrogen-bond donors (Lipinski definition) is 3. The summed E-state index contributed by atoms with van der Waals surface area (Å²) in [5, 5.41) is 7.93. The lowest BCUT2D eigenvalue weighted by Crippen LogP contribution is -2.54. The van der Waals surface area contributed by atoms with Gasteiger partial charge in [-0.25, -0.2) is 10.0 Å². The van der Waals surface area contributed by atoms with Gasteiger partial charge in [-0.1, -0.05) is 0 Å². The fourth-order valence-corrected chi connectivity index (χ4v) is 1.63. The van der Waals surface area contributed by atoms with E-state index in [1.54, 1.807) is 0 Å². The molecule has 1 aliphatic heterocycles. The largest absolute Gasteiger partial charge is 0.329 e. The number of hydrogen-bond acceptors (Lipinski definition) is 5. The number of nitrogens with two attached hydrogens (primary N) is 2. The normalized spacial score (nSPS) is 19.6. The molecule has 0 bridgehead atoms. The van der Waals surface area contributed by atoms with E-state index >= 15 is 0 Å². The van der Waals surface area contributed by atoms with Crippen LogP contribution in [0, 0.1) is 0 Å². The Morgan fingerprint density at radius 2 is 1.62 bits per heavy atom. The van der Waals surface area contributed by atoms with E-state index in [9.17, 15) is 0 Å². The summed E-state index contributed by atoms with van der Waals surface area (Å²) in [5.74, 6) is 0. The molecule has 1 heterocycles. The van der Waals surface area contributed by atoms with Crippen molar-refractivity contribution < 1.29 is 0 Å². The molecular weight excluding hydrogens is 166 g/mol. The topological polar surface area (TPSA) is 70.5 Å². The van der Waals surface area contributed by atoms with E-state index in [-0.39, 0.29) is 0 Å². The van der Waals surface area contributed by atoms with Crippen molar-refractivity contribution in [2.75, 3.05) is 52.4 Å². The zero-order valence-electron chi connectivity index (χ0n) is 8.21. The van der Waals surface area contributed by atoms with Gasteiger partial charge in [0.05, 0.1) is 0 Å². The van der Waals surface area contributed by atoms with Crippen LogP contribution in [0.3, 0.4) is 0 Å². The quantitative estimate of drug-likeness (QED) is 0.465. The molecule has 0 spiro atoms. The highest BCUT2D eigenvalue weighted by Crippen LogP contribution is 1.98. The van der Waals surface area contributed by atoms with E-state index in [1.165, 1.54) is 0 Å². The molecule has 0 aromatic heterocycles. The minimum absolute atomic E-state index is 0.698. The Hall–Kier alpha value is -0.200. The highest BCUT2D eigenvalue weighted by Gasteiger charge is 2.15. The highest BCUT2D eigenvalue weighted by atomic mass is 15.6. The third-order valence-corrected chi connectivity index (χ3v) is 2.27. The van der Waals surface area contributed by atoms with Crippen LogP contribution in [-0.2, 0) is 0 Å². The van der Waals surface area contributed by atoms with Crippen LogP contribution >= 0.6 is 0 Å². The van der Waals surface area contributed by atoms with Crippen LogP contribution in [0.4, 0.5) is 0 Å². The van der Waals surface area contributed by atoms with E-state index in [4.69, 9.17) is 11.5 Å². The van der Waals surface area contributed by atoms with Gasteiger partial charge in [0, 0.05) is 52.4 Å². The lowest BCUT2D eigenvalue weighted by Gasteiger charge is -2.37. The van der Waals surface area contributed by atoms with Crippen molar-refractivity contribution in [2.45, 2.75) is 0 Å². The van der Waals surface area contributed by atoms with E-state index < -0.39 is 0 Å². The van der Waals surface area contributed by atoms with E-state index in [1.807, 2.05) is 0 Å². The molecule has 0 aromatic rings. The molecule has 0 unspecified atom stereocenters. The molecule has 1 fully saturated rings. The van der Waals surface area contributed by atoms with Gasteiger partial charge in [0.1, 0.15) is 0 Å². The predicted octanol–water partition coefficient (Wildman–Crippen LogP) is -1.97. The molecule has 5 N–H and O–H groups in total. The zero-order chi connectivity index (χ0) is 9.52. The third kappa shape index (κ3) is 3.58. The zero-order valence-corrected chi connectivity index (χ0v) is 8.21. The Bertz CT molecular complexity index is 118. The number of hydrazine groups is 1. The van der Waals surface area contributed by atoms with Crippen LogP contribution in [-0.4, -0.2) is 62.4 Å². The summed E-state index contributed by atoms with van der Waals surface area (Å²) in [4.78, 5) is 0. The Labute approximate surface area is 80.0 Å². The van der Waals surface area contributed by atoms with Gasteiger partial charge >= 0.3 is 0 Å². The summed E-state index contributed by atoms with van der Waals surface area (Å²) in [6.07, 6.45) is 0. The molecule has 1 aliphatic rings. The molecule has 0 atom stereocenters. The molecule has 1 rings (SSSR count). The van der Waals surface area contributed by atoms with E-state index in [0.29, 0.717) is 13.1 Å². The lowest BCUT2D eigenvalue weighted by molar-refractivity contribution is -0.0288. The van der Waals surface area contributed by atoms with Gasteiger partial charge in [0.25, 0.3) is 0 Å². The number of nitrogens with zero attached hydrogens (tertiary/aromatic N) is 2. The van der Waals surface area contributed by atoms with Crippen molar-refractivity contribution in [1.82, 2.24) is 15.3 Å².